The maximum atomic E-state index is 13.4. The van der Waals surface area contributed by atoms with Crippen molar-refractivity contribution in [2.24, 2.45) is 0 Å². The molecule has 0 atom stereocenters. The van der Waals surface area contributed by atoms with E-state index in [9.17, 15) is 17.6 Å². The second-order valence-electron chi connectivity index (χ2n) is 6.72. The maximum Gasteiger partial charge on any atom is 0.254 e. The van der Waals surface area contributed by atoms with E-state index >= 15 is 0 Å². The third-order valence-corrected chi connectivity index (χ3v) is 6.85. The molecule has 144 valence electrons. The lowest BCUT2D eigenvalue weighted by Crippen LogP contribution is -2.50. The van der Waals surface area contributed by atoms with Gasteiger partial charge in [-0.05, 0) is 41.1 Å². The fraction of sp³-hybridized carbons (Fsp3) is 0.190. The molecule has 1 aliphatic heterocycles. The lowest BCUT2D eigenvalue weighted by Gasteiger charge is -2.34. The van der Waals surface area contributed by atoms with E-state index in [4.69, 9.17) is 0 Å². The number of carbonyl (C=O) groups is 1. The number of sulfonamides is 1. The van der Waals surface area contributed by atoms with Crippen LogP contribution in [0.15, 0.2) is 71.6 Å². The van der Waals surface area contributed by atoms with Crippen LogP contribution in [0.3, 0.4) is 0 Å². The number of piperazine rings is 1. The van der Waals surface area contributed by atoms with Crippen LogP contribution in [0.1, 0.15) is 10.4 Å². The highest BCUT2D eigenvalue weighted by atomic mass is 32.2. The van der Waals surface area contributed by atoms with Crippen molar-refractivity contribution >= 4 is 26.7 Å². The van der Waals surface area contributed by atoms with Gasteiger partial charge < -0.3 is 4.90 Å². The van der Waals surface area contributed by atoms with Gasteiger partial charge in [-0.25, -0.2) is 12.8 Å². The van der Waals surface area contributed by atoms with Gasteiger partial charge in [0.15, 0.2) is 0 Å². The molecule has 0 aliphatic carbocycles. The Hall–Kier alpha value is -2.77. The van der Waals surface area contributed by atoms with E-state index in [-0.39, 0.29) is 42.5 Å². The van der Waals surface area contributed by atoms with Gasteiger partial charge in [0, 0.05) is 31.7 Å². The van der Waals surface area contributed by atoms with Gasteiger partial charge in [0.05, 0.1) is 4.90 Å². The standard InChI is InChI=1S/C21H19FN2O3S/c22-19-7-3-6-18(14-19)21(25)23-10-12-24(13-11-23)28(26,27)20-9-8-16-4-1-2-5-17(16)15-20/h1-9,14-15H,10-13H2. The quantitative estimate of drug-likeness (QED) is 0.681. The van der Waals surface area contributed by atoms with Crippen molar-refractivity contribution in [3.8, 4) is 0 Å². The van der Waals surface area contributed by atoms with E-state index in [1.807, 2.05) is 24.3 Å². The number of nitrogens with zero attached hydrogens (tertiary/aromatic N) is 2. The molecule has 1 saturated heterocycles. The minimum absolute atomic E-state index is 0.205. The van der Waals surface area contributed by atoms with Crippen LogP contribution in [0.25, 0.3) is 10.8 Å². The summed E-state index contributed by atoms with van der Waals surface area (Å²) in [5, 5.41) is 1.84. The number of amides is 1. The molecular weight excluding hydrogens is 379 g/mol. The summed E-state index contributed by atoms with van der Waals surface area (Å²) in [6.07, 6.45) is 0. The van der Waals surface area contributed by atoms with Gasteiger partial charge >= 0.3 is 0 Å². The Morgan fingerprint density at radius 3 is 2.25 bits per heavy atom. The third-order valence-electron chi connectivity index (χ3n) is 4.96. The smallest absolute Gasteiger partial charge is 0.254 e. The highest BCUT2D eigenvalue weighted by Gasteiger charge is 2.30. The highest BCUT2D eigenvalue weighted by Crippen LogP contribution is 2.23. The van der Waals surface area contributed by atoms with E-state index in [2.05, 4.69) is 0 Å². The van der Waals surface area contributed by atoms with Gasteiger partial charge in [-0.1, -0.05) is 36.4 Å². The maximum absolute atomic E-state index is 13.4. The van der Waals surface area contributed by atoms with Gasteiger partial charge in [0.1, 0.15) is 5.82 Å². The Morgan fingerprint density at radius 1 is 0.821 bits per heavy atom. The van der Waals surface area contributed by atoms with Gasteiger partial charge in [-0.2, -0.15) is 4.31 Å². The molecule has 0 aromatic heterocycles. The fourth-order valence-electron chi connectivity index (χ4n) is 3.41. The Kier molecular flexibility index (Phi) is 4.87. The minimum Gasteiger partial charge on any atom is -0.336 e. The molecule has 0 saturated carbocycles. The molecule has 7 heteroatoms. The lowest BCUT2D eigenvalue weighted by molar-refractivity contribution is 0.0697. The van der Waals surface area contributed by atoms with E-state index in [1.165, 1.54) is 22.5 Å². The molecule has 0 radical (unpaired) electrons. The fourth-order valence-corrected chi connectivity index (χ4v) is 4.87. The van der Waals surface area contributed by atoms with E-state index in [1.54, 1.807) is 29.2 Å². The van der Waals surface area contributed by atoms with Gasteiger partial charge in [-0.3, -0.25) is 4.79 Å². The number of rotatable bonds is 3. The number of carbonyl (C=O) groups excluding carboxylic acids is 1. The van der Waals surface area contributed by atoms with E-state index in [0.717, 1.165) is 10.8 Å². The first kappa shape index (κ1) is 18.6. The summed E-state index contributed by atoms with van der Waals surface area (Å²) in [6, 6.07) is 18.2. The van der Waals surface area contributed by atoms with Crippen LogP contribution < -0.4 is 0 Å². The van der Waals surface area contributed by atoms with Crippen LogP contribution in [0.4, 0.5) is 4.39 Å². The molecule has 1 heterocycles. The van der Waals surface area contributed by atoms with Crippen molar-refractivity contribution in [1.82, 2.24) is 9.21 Å². The topological polar surface area (TPSA) is 57.7 Å². The molecule has 1 amide bonds. The summed E-state index contributed by atoms with van der Waals surface area (Å²) < 4.78 is 40.7. The Labute approximate surface area is 163 Å². The average molecular weight is 398 g/mol. The van der Waals surface area contributed by atoms with Crippen molar-refractivity contribution in [3.05, 3.63) is 78.1 Å². The summed E-state index contributed by atoms with van der Waals surface area (Å²) in [5.74, 6) is -0.759. The Balaban J connectivity index is 1.49. The zero-order valence-electron chi connectivity index (χ0n) is 15.1. The Bertz CT molecular complexity index is 1140. The van der Waals surface area contributed by atoms with Gasteiger partial charge in [0.25, 0.3) is 5.91 Å². The first-order chi connectivity index (χ1) is 13.4. The van der Waals surface area contributed by atoms with Gasteiger partial charge in [-0.15, -0.1) is 0 Å². The summed E-state index contributed by atoms with van der Waals surface area (Å²) in [5.41, 5.74) is 0.269. The molecule has 5 nitrogen and oxygen atoms in total. The van der Waals surface area contributed by atoms with Crippen LogP contribution in [-0.4, -0.2) is 49.7 Å². The van der Waals surface area contributed by atoms with E-state index < -0.39 is 15.8 Å². The SMILES string of the molecule is O=C(c1cccc(F)c1)N1CCN(S(=O)(=O)c2ccc3ccccc3c2)CC1. The van der Waals surface area contributed by atoms with Crippen LogP contribution in [-0.2, 0) is 10.0 Å². The summed E-state index contributed by atoms with van der Waals surface area (Å²) in [4.78, 5) is 14.3. The number of fused-ring (bicyclic) bond motifs is 1. The largest absolute Gasteiger partial charge is 0.336 e. The molecule has 0 bridgehead atoms. The first-order valence-corrected chi connectivity index (χ1v) is 10.4. The van der Waals surface area contributed by atoms with Crippen molar-refractivity contribution in [2.45, 2.75) is 4.90 Å². The molecular formula is C21H19FN2O3S. The lowest BCUT2D eigenvalue weighted by atomic mass is 10.1. The zero-order valence-corrected chi connectivity index (χ0v) is 15.9. The molecule has 28 heavy (non-hydrogen) atoms. The highest BCUT2D eigenvalue weighted by molar-refractivity contribution is 7.89. The predicted molar refractivity (Wildman–Crippen MR) is 105 cm³/mol. The molecule has 0 N–H and O–H groups in total. The Morgan fingerprint density at radius 2 is 1.54 bits per heavy atom. The number of hydrogen-bond donors (Lipinski definition) is 0. The summed E-state index contributed by atoms with van der Waals surface area (Å²) in [6.45, 7) is 0.941. The zero-order chi connectivity index (χ0) is 19.7. The van der Waals surface area contributed by atoms with Crippen LogP contribution in [0, 0.1) is 5.82 Å². The number of halogens is 1. The number of hydrogen-bond acceptors (Lipinski definition) is 3. The van der Waals surface area contributed by atoms with Crippen molar-refractivity contribution < 1.29 is 17.6 Å². The predicted octanol–water partition coefficient (Wildman–Crippen LogP) is 3.13. The monoisotopic (exact) mass is 398 g/mol. The van der Waals surface area contributed by atoms with Crippen molar-refractivity contribution in [2.75, 3.05) is 26.2 Å². The average Bonchev–Trinajstić information content (AvgIpc) is 2.73. The molecule has 3 aromatic carbocycles. The molecule has 3 aromatic rings. The van der Waals surface area contributed by atoms with Crippen LogP contribution >= 0.6 is 0 Å². The first-order valence-electron chi connectivity index (χ1n) is 8.99. The van der Waals surface area contributed by atoms with Gasteiger partial charge in [0.2, 0.25) is 10.0 Å². The number of benzene rings is 3. The molecule has 1 aliphatic rings. The van der Waals surface area contributed by atoms with Crippen LogP contribution in [0.2, 0.25) is 0 Å². The van der Waals surface area contributed by atoms with Crippen LogP contribution in [0.5, 0.6) is 0 Å². The molecule has 0 spiro atoms. The molecule has 0 unspecified atom stereocenters. The second-order valence-corrected chi connectivity index (χ2v) is 8.65. The molecule has 4 rings (SSSR count). The minimum atomic E-state index is -3.64. The van der Waals surface area contributed by atoms with E-state index in [0.29, 0.717) is 0 Å². The normalized spacial score (nSPS) is 15.7. The summed E-state index contributed by atoms with van der Waals surface area (Å²) in [7, 11) is -3.64. The van der Waals surface area contributed by atoms with Crippen molar-refractivity contribution in [3.63, 3.8) is 0 Å². The molecule has 1 fully saturated rings. The second kappa shape index (κ2) is 7.33. The van der Waals surface area contributed by atoms with Crippen molar-refractivity contribution in [1.29, 1.82) is 0 Å². The summed E-state index contributed by atoms with van der Waals surface area (Å²) >= 11 is 0. The third kappa shape index (κ3) is 3.50.